The van der Waals surface area contributed by atoms with Crippen LogP contribution in [0.2, 0.25) is 0 Å². The highest BCUT2D eigenvalue weighted by Crippen LogP contribution is 2.06. The number of carbonyl (C=O) groups is 1. The van der Waals surface area contributed by atoms with Crippen molar-refractivity contribution >= 4 is 5.91 Å². The lowest BCUT2D eigenvalue weighted by molar-refractivity contribution is -0.118. The van der Waals surface area contributed by atoms with E-state index in [1.54, 1.807) is 0 Å². The van der Waals surface area contributed by atoms with Gasteiger partial charge >= 0.3 is 0 Å². The maximum Gasteiger partial charge on any atom is 0.217 e. The third-order valence-electron chi connectivity index (χ3n) is 2.73. The number of rotatable bonds is 12. The molecule has 96 valence electrons. The number of nitrogens with one attached hydrogen (secondary N) is 1. The first-order chi connectivity index (χ1) is 7.77. The van der Waals surface area contributed by atoms with E-state index in [1.165, 1.54) is 44.9 Å². The van der Waals surface area contributed by atoms with Crippen LogP contribution in [0.15, 0.2) is 0 Å². The van der Waals surface area contributed by atoms with Crippen LogP contribution in [-0.2, 0) is 4.79 Å². The Morgan fingerprint density at radius 2 is 1.50 bits per heavy atom. The number of primary amides is 1. The monoisotopic (exact) mass is 228 g/mol. The number of hydrogen-bond donors (Lipinski definition) is 2. The molecule has 3 N–H and O–H groups in total. The molecule has 0 aliphatic carbocycles. The minimum atomic E-state index is -0.197. The van der Waals surface area contributed by atoms with Crippen LogP contribution in [0, 0.1) is 0 Å². The molecule has 0 atom stereocenters. The van der Waals surface area contributed by atoms with E-state index >= 15 is 0 Å². The summed E-state index contributed by atoms with van der Waals surface area (Å²) in [5.41, 5.74) is 5.05. The van der Waals surface area contributed by atoms with Crippen molar-refractivity contribution in [2.45, 2.75) is 64.7 Å². The molecule has 0 unspecified atom stereocenters. The summed E-state index contributed by atoms with van der Waals surface area (Å²) in [6.07, 6.45) is 10.8. The lowest BCUT2D eigenvalue weighted by Gasteiger charge is -2.03. The molecule has 0 spiro atoms. The first-order valence-electron chi connectivity index (χ1n) is 6.76. The molecule has 0 aromatic heterocycles. The van der Waals surface area contributed by atoms with Gasteiger partial charge in [0.15, 0.2) is 0 Å². The highest BCUT2D eigenvalue weighted by atomic mass is 16.1. The van der Waals surface area contributed by atoms with Crippen LogP contribution in [0.4, 0.5) is 0 Å². The molecule has 0 fully saturated rings. The van der Waals surface area contributed by atoms with E-state index in [4.69, 9.17) is 5.73 Å². The fraction of sp³-hybridized carbons (Fsp3) is 0.923. The molecule has 1 amide bonds. The Kier molecular flexibility index (Phi) is 12.1. The van der Waals surface area contributed by atoms with Gasteiger partial charge in [0.2, 0.25) is 5.91 Å². The maximum absolute atomic E-state index is 10.5. The van der Waals surface area contributed by atoms with Crippen molar-refractivity contribution in [3.8, 4) is 0 Å². The second kappa shape index (κ2) is 12.5. The molecule has 0 aliphatic rings. The summed E-state index contributed by atoms with van der Waals surface area (Å²) in [6, 6.07) is 0. The average molecular weight is 228 g/mol. The number of carbonyl (C=O) groups excluding carboxylic acids is 1. The highest BCUT2D eigenvalue weighted by Gasteiger charge is 1.94. The highest BCUT2D eigenvalue weighted by molar-refractivity contribution is 5.73. The molecule has 0 saturated heterocycles. The predicted octanol–water partition coefficient (Wildman–Crippen LogP) is 2.59. The van der Waals surface area contributed by atoms with E-state index in [2.05, 4.69) is 12.2 Å². The van der Waals surface area contributed by atoms with Gasteiger partial charge in [0.05, 0.1) is 0 Å². The summed E-state index contributed by atoms with van der Waals surface area (Å²) in [6.45, 7) is 4.24. The van der Waals surface area contributed by atoms with Gasteiger partial charge in [-0.25, -0.2) is 0 Å². The van der Waals surface area contributed by atoms with Crippen molar-refractivity contribution in [2.75, 3.05) is 13.1 Å². The fourth-order valence-corrected chi connectivity index (χ4v) is 1.72. The minimum Gasteiger partial charge on any atom is -0.370 e. The van der Waals surface area contributed by atoms with Crippen molar-refractivity contribution in [3.05, 3.63) is 0 Å². The molecule has 0 aromatic carbocycles. The second-order valence-electron chi connectivity index (χ2n) is 4.44. The van der Waals surface area contributed by atoms with Gasteiger partial charge in [0, 0.05) is 6.42 Å². The van der Waals surface area contributed by atoms with Gasteiger partial charge in [0.25, 0.3) is 0 Å². The SMILES string of the molecule is CCCCCCCCCNCCCC(N)=O. The van der Waals surface area contributed by atoms with Crippen molar-refractivity contribution in [1.29, 1.82) is 0 Å². The van der Waals surface area contributed by atoms with Crippen LogP contribution < -0.4 is 11.1 Å². The molecular formula is C13H28N2O. The summed E-state index contributed by atoms with van der Waals surface area (Å²) in [5, 5.41) is 3.34. The van der Waals surface area contributed by atoms with Gasteiger partial charge in [-0.15, -0.1) is 0 Å². The zero-order valence-corrected chi connectivity index (χ0v) is 10.8. The Bertz CT molecular complexity index is 160. The Morgan fingerprint density at radius 3 is 2.12 bits per heavy atom. The number of amides is 1. The zero-order chi connectivity index (χ0) is 12.1. The Morgan fingerprint density at radius 1 is 0.938 bits per heavy atom. The van der Waals surface area contributed by atoms with E-state index in [0.29, 0.717) is 6.42 Å². The summed E-state index contributed by atoms with van der Waals surface area (Å²) < 4.78 is 0. The van der Waals surface area contributed by atoms with Crippen LogP contribution >= 0.6 is 0 Å². The lowest BCUT2D eigenvalue weighted by atomic mass is 10.1. The van der Waals surface area contributed by atoms with Gasteiger partial charge in [-0.05, 0) is 25.9 Å². The van der Waals surface area contributed by atoms with E-state index in [-0.39, 0.29) is 5.91 Å². The van der Waals surface area contributed by atoms with Crippen LogP contribution in [-0.4, -0.2) is 19.0 Å². The fourth-order valence-electron chi connectivity index (χ4n) is 1.72. The molecule has 0 saturated carbocycles. The zero-order valence-electron chi connectivity index (χ0n) is 10.8. The summed E-state index contributed by atoms with van der Waals surface area (Å²) in [4.78, 5) is 10.5. The first-order valence-corrected chi connectivity index (χ1v) is 6.76. The number of unbranched alkanes of at least 4 members (excludes halogenated alkanes) is 6. The molecule has 0 rings (SSSR count). The van der Waals surface area contributed by atoms with Crippen molar-refractivity contribution in [3.63, 3.8) is 0 Å². The normalized spacial score (nSPS) is 10.6. The maximum atomic E-state index is 10.5. The van der Waals surface area contributed by atoms with Crippen molar-refractivity contribution < 1.29 is 4.79 Å². The molecule has 0 aromatic rings. The lowest BCUT2D eigenvalue weighted by Crippen LogP contribution is -2.19. The third-order valence-corrected chi connectivity index (χ3v) is 2.73. The quantitative estimate of drug-likeness (QED) is 0.504. The summed E-state index contributed by atoms with van der Waals surface area (Å²) in [7, 11) is 0. The topological polar surface area (TPSA) is 55.1 Å². The van der Waals surface area contributed by atoms with Gasteiger partial charge < -0.3 is 11.1 Å². The summed E-state index contributed by atoms with van der Waals surface area (Å²) >= 11 is 0. The molecule has 0 heterocycles. The summed E-state index contributed by atoms with van der Waals surface area (Å²) in [5.74, 6) is -0.197. The molecule has 0 aliphatic heterocycles. The van der Waals surface area contributed by atoms with Crippen LogP contribution in [0.25, 0.3) is 0 Å². The van der Waals surface area contributed by atoms with Gasteiger partial charge in [-0.3, -0.25) is 4.79 Å². The number of hydrogen-bond acceptors (Lipinski definition) is 2. The smallest absolute Gasteiger partial charge is 0.217 e. The standard InChI is InChI=1S/C13H28N2O/c1-2-3-4-5-6-7-8-11-15-12-9-10-13(14)16/h15H,2-12H2,1H3,(H2,14,16). The molecular weight excluding hydrogens is 200 g/mol. The molecule has 0 bridgehead atoms. The van der Waals surface area contributed by atoms with E-state index in [1.807, 2.05) is 0 Å². The van der Waals surface area contributed by atoms with Gasteiger partial charge in [-0.1, -0.05) is 45.4 Å². The van der Waals surface area contributed by atoms with Crippen LogP contribution in [0.5, 0.6) is 0 Å². The van der Waals surface area contributed by atoms with E-state index < -0.39 is 0 Å². The van der Waals surface area contributed by atoms with E-state index in [0.717, 1.165) is 19.5 Å². The van der Waals surface area contributed by atoms with Crippen molar-refractivity contribution in [1.82, 2.24) is 5.32 Å². The van der Waals surface area contributed by atoms with E-state index in [9.17, 15) is 4.79 Å². The van der Waals surface area contributed by atoms with Crippen molar-refractivity contribution in [2.24, 2.45) is 5.73 Å². The Labute approximate surface area is 100 Å². The minimum absolute atomic E-state index is 0.197. The van der Waals surface area contributed by atoms with Crippen LogP contribution in [0.1, 0.15) is 64.7 Å². The second-order valence-corrected chi connectivity index (χ2v) is 4.44. The Balaban J connectivity index is 2.90. The van der Waals surface area contributed by atoms with Gasteiger partial charge in [0.1, 0.15) is 0 Å². The third kappa shape index (κ3) is 13.4. The Hall–Kier alpha value is -0.570. The molecule has 16 heavy (non-hydrogen) atoms. The van der Waals surface area contributed by atoms with Gasteiger partial charge in [-0.2, -0.15) is 0 Å². The predicted molar refractivity (Wildman–Crippen MR) is 69.3 cm³/mol. The average Bonchev–Trinajstić information content (AvgIpc) is 2.25. The molecule has 3 heteroatoms. The first kappa shape index (κ1) is 15.4. The van der Waals surface area contributed by atoms with Crippen LogP contribution in [0.3, 0.4) is 0 Å². The molecule has 3 nitrogen and oxygen atoms in total. The molecule has 0 radical (unpaired) electrons. The largest absolute Gasteiger partial charge is 0.370 e. The number of nitrogens with two attached hydrogens (primary N) is 1.